The molecule has 0 aliphatic carbocycles. The molecule has 7 nitrogen and oxygen atoms in total. The number of nitrogens with one attached hydrogen (secondary N) is 2. The van der Waals surface area contributed by atoms with Crippen LogP contribution in [0.3, 0.4) is 0 Å². The number of fused-ring (bicyclic) bond motifs is 1. The number of nitro groups is 1. The molecule has 7 heteroatoms. The average Bonchev–Trinajstić information content (AvgIpc) is 2.44. The Morgan fingerprint density at radius 1 is 1.48 bits per heavy atom. The molecule has 1 heterocycles. The van der Waals surface area contributed by atoms with Crippen molar-refractivity contribution in [2.45, 2.75) is 26.2 Å². The Labute approximate surface area is 122 Å². The first kappa shape index (κ1) is 15.2. The van der Waals surface area contributed by atoms with Gasteiger partial charge in [-0.2, -0.15) is 0 Å². The lowest BCUT2D eigenvalue weighted by Crippen LogP contribution is -2.20. The third-order valence-corrected chi connectivity index (χ3v) is 3.58. The second-order valence-electron chi connectivity index (χ2n) is 5.33. The van der Waals surface area contributed by atoms with Crippen molar-refractivity contribution in [3.05, 3.63) is 27.8 Å². The van der Waals surface area contributed by atoms with Crippen molar-refractivity contribution in [1.29, 1.82) is 0 Å². The van der Waals surface area contributed by atoms with E-state index >= 15 is 0 Å². The van der Waals surface area contributed by atoms with E-state index in [-0.39, 0.29) is 24.1 Å². The summed E-state index contributed by atoms with van der Waals surface area (Å²) in [6.45, 7) is 2.61. The Morgan fingerprint density at radius 3 is 2.90 bits per heavy atom. The Bertz CT molecular complexity index is 559. The quantitative estimate of drug-likeness (QED) is 0.549. The second-order valence-corrected chi connectivity index (χ2v) is 5.33. The van der Waals surface area contributed by atoms with Gasteiger partial charge in [0.1, 0.15) is 5.69 Å². The van der Waals surface area contributed by atoms with Crippen LogP contribution in [0.2, 0.25) is 0 Å². The molecule has 21 heavy (non-hydrogen) atoms. The van der Waals surface area contributed by atoms with Gasteiger partial charge in [-0.1, -0.05) is 6.92 Å². The van der Waals surface area contributed by atoms with Gasteiger partial charge in [-0.25, -0.2) is 0 Å². The van der Waals surface area contributed by atoms with Crippen molar-refractivity contribution in [3.63, 3.8) is 0 Å². The Morgan fingerprint density at radius 2 is 2.24 bits per heavy atom. The zero-order chi connectivity index (χ0) is 15.4. The molecule has 0 radical (unpaired) electrons. The van der Waals surface area contributed by atoms with Crippen molar-refractivity contribution < 1.29 is 14.8 Å². The van der Waals surface area contributed by atoms with Crippen LogP contribution in [0.5, 0.6) is 0 Å². The molecule has 0 spiro atoms. The fraction of sp³-hybridized carbons (Fsp3) is 0.500. The summed E-state index contributed by atoms with van der Waals surface area (Å²) < 4.78 is 0. The fourth-order valence-electron chi connectivity index (χ4n) is 2.32. The van der Waals surface area contributed by atoms with Gasteiger partial charge in [0.25, 0.3) is 5.69 Å². The highest BCUT2D eigenvalue weighted by molar-refractivity contribution is 5.95. The van der Waals surface area contributed by atoms with Crippen molar-refractivity contribution >= 4 is 23.0 Å². The summed E-state index contributed by atoms with van der Waals surface area (Å²) in [7, 11) is 0. The van der Waals surface area contributed by atoms with E-state index < -0.39 is 4.92 Å². The number of benzene rings is 1. The van der Waals surface area contributed by atoms with Gasteiger partial charge >= 0.3 is 0 Å². The van der Waals surface area contributed by atoms with Gasteiger partial charge in [0, 0.05) is 25.6 Å². The fourth-order valence-corrected chi connectivity index (χ4v) is 2.32. The lowest BCUT2D eigenvalue weighted by atomic mass is 10.0. The molecule has 3 N–H and O–H groups in total. The highest BCUT2D eigenvalue weighted by atomic mass is 16.6. The Kier molecular flexibility index (Phi) is 4.74. The molecular formula is C14H19N3O4. The maximum Gasteiger partial charge on any atom is 0.294 e. The minimum atomic E-state index is -0.458. The molecule has 1 unspecified atom stereocenters. The Balaban J connectivity index is 2.23. The number of aliphatic hydroxyl groups excluding tert-OH is 1. The van der Waals surface area contributed by atoms with E-state index in [4.69, 9.17) is 5.11 Å². The molecule has 0 fully saturated rings. The minimum Gasteiger partial charge on any atom is -0.396 e. The zero-order valence-corrected chi connectivity index (χ0v) is 11.9. The number of aliphatic hydroxyl groups is 1. The molecule has 2 rings (SSSR count). The molecule has 1 aliphatic heterocycles. The summed E-state index contributed by atoms with van der Waals surface area (Å²) in [5.41, 5.74) is 1.83. The molecule has 0 aromatic heterocycles. The van der Waals surface area contributed by atoms with Crippen LogP contribution in [0.4, 0.5) is 17.1 Å². The van der Waals surface area contributed by atoms with Crippen LogP contribution < -0.4 is 10.6 Å². The normalized spacial score (nSPS) is 15.0. The molecule has 0 saturated carbocycles. The van der Waals surface area contributed by atoms with Crippen molar-refractivity contribution in [2.75, 3.05) is 23.8 Å². The second kappa shape index (κ2) is 6.53. The van der Waals surface area contributed by atoms with Gasteiger partial charge < -0.3 is 15.7 Å². The van der Waals surface area contributed by atoms with E-state index in [9.17, 15) is 14.9 Å². The van der Waals surface area contributed by atoms with Crippen LogP contribution in [0, 0.1) is 16.0 Å². The van der Waals surface area contributed by atoms with Gasteiger partial charge in [-0.05, 0) is 30.4 Å². The van der Waals surface area contributed by atoms with Gasteiger partial charge in [-0.3, -0.25) is 14.9 Å². The van der Waals surface area contributed by atoms with Crippen LogP contribution in [-0.4, -0.2) is 29.1 Å². The van der Waals surface area contributed by atoms with Crippen molar-refractivity contribution in [3.8, 4) is 0 Å². The van der Waals surface area contributed by atoms with Crippen molar-refractivity contribution in [2.24, 2.45) is 5.92 Å². The van der Waals surface area contributed by atoms with Crippen LogP contribution in [0.1, 0.15) is 25.3 Å². The van der Waals surface area contributed by atoms with Crippen LogP contribution >= 0.6 is 0 Å². The summed E-state index contributed by atoms with van der Waals surface area (Å²) in [5.74, 6) is 0.0967. The SMILES string of the molecule is CC(CCO)CNc1cc2c(cc1[N+](=O)[O-])NC(=O)CC2. The predicted octanol–water partition coefficient (Wildman–Crippen LogP) is 1.91. The topological polar surface area (TPSA) is 104 Å². The predicted molar refractivity (Wildman–Crippen MR) is 79.4 cm³/mol. The number of aryl methyl sites for hydroxylation is 1. The number of hydrogen-bond acceptors (Lipinski definition) is 5. The standard InChI is InChI=1S/C14H19N3O4/c1-9(4-5-18)8-15-12-6-10-2-3-14(19)16-11(10)7-13(12)17(20)21/h6-7,9,15,18H,2-5,8H2,1H3,(H,16,19). The van der Waals surface area contributed by atoms with E-state index in [1.165, 1.54) is 6.07 Å². The lowest BCUT2D eigenvalue weighted by Gasteiger charge is -2.19. The summed E-state index contributed by atoms with van der Waals surface area (Å²) in [5, 5.41) is 25.8. The third-order valence-electron chi connectivity index (χ3n) is 3.58. The van der Waals surface area contributed by atoms with Crippen LogP contribution in [0.15, 0.2) is 12.1 Å². The van der Waals surface area contributed by atoms with Gasteiger partial charge in [0.2, 0.25) is 5.91 Å². The highest BCUT2D eigenvalue weighted by Gasteiger charge is 2.22. The van der Waals surface area contributed by atoms with E-state index in [0.29, 0.717) is 37.2 Å². The van der Waals surface area contributed by atoms with Gasteiger partial charge in [0.05, 0.1) is 10.6 Å². The summed E-state index contributed by atoms with van der Waals surface area (Å²) in [6.07, 6.45) is 1.62. The van der Waals surface area contributed by atoms with E-state index in [1.807, 2.05) is 6.92 Å². The number of nitro benzene ring substituents is 1. The van der Waals surface area contributed by atoms with E-state index in [2.05, 4.69) is 10.6 Å². The Hall–Kier alpha value is -2.15. The largest absolute Gasteiger partial charge is 0.396 e. The molecule has 1 amide bonds. The van der Waals surface area contributed by atoms with Gasteiger partial charge in [0.15, 0.2) is 0 Å². The van der Waals surface area contributed by atoms with Crippen LogP contribution in [0.25, 0.3) is 0 Å². The third kappa shape index (κ3) is 3.69. The highest BCUT2D eigenvalue weighted by Crippen LogP contribution is 2.34. The number of rotatable bonds is 6. The first-order valence-electron chi connectivity index (χ1n) is 6.97. The summed E-state index contributed by atoms with van der Waals surface area (Å²) in [4.78, 5) is 22.1. The lowest BCUT2D eigenvalue weighted by molar-refractivity contribution is -0.383. The van der Waals surface area contributed by atoms with E-state index in [1.54, 1.807) is 6.07 Å². The molecule has 114 valence electrons. The molecule has 0 bridgehead atoms. The maximum atomic E-state index is 11.4. The maximum absolute atomic E-state index is 11.4. The number of nitrogens with zero attached hydrogens (tertiary/aromatic N) is 1. The molecule has 1 aromatic rings. The van der Waals surface area contributed by atoms with Crippen molar-refractivity contribution in [1.82, 2.24) is 0 Å². The average molecular weight is 293 g/mol. The molecule has 1 aliphatic rings. The summed E-state index contributed by atoms with van der Waals surface area (Å²) in [6, 6.07) is 3.14. The number of anilines is 2. The molecular weight excluding hydrogens is 274 g/mol. The first-order valence-corrected chi connectivity index (χ1v) is 6.97. The monoisotopic (exact) mass is 293 g/mol. The molecule has 0 saturated heterocycles. The zero-order valence-electron chi connectivity index (χ0n) is 11.9. The first-order chi connectivity index (χ1) is 10.0. The smallest absolute Gasteiger partial charge is 0.294 e. The molecule has 1 atom stereocenters. The summed E-state index contributed by atoms with van der Waals surface area (Å²) >= 11 is 0. The minimum absolute atomic E-state index is 0.0489. The number of amides is 1. The van der Waals surface area contributed by atoms with Gasteiger partial charge in [-0.15, -0.1) is 0 Å². The number of carbonyl (C=O) groups excluding carboxylic acids is 1. The number of hydrogen-bond donors (Lipinski definition) is 3. The van der Waals surface area contributed by atoms with Crippen LogP contribution in [-0.2, 0) is 11.2 Å². The number of carbonyl (C=O) groups is 1. The molecule has 1 aromatic carbocycles. The van der Waals surface area contributed by atoms with E-state index in [0.717, 1.165) is 5.56 Å².